The molecule has 16 heavy (non-hydrogen) atoms. The van der Waals surface area contributed by atoms with Crippen LogP contribution in [-0.4, -0.2) is 11.5 Å². The third kappa shape index (κ3) is 1.68. The lowest BCUT2D eigenvalue weighted by atomic mass is 9.64. The van der Waals surface area contributed by atoms with Gasteiger partial charge in [0.2, 0.25) is 0 Å². The average molecular weight is 241 g/mol. The van der Waals surface area contributed by atoms with Crippen molar-refractivity contribution in [3.8, 4) is 0 Å². The molecule has 1 fully saturated rings. The molecule has 0 saturated heterocycles. The van der Waals surface area contributed by atoms with Crippen molar-refractivity contribution in [1.82, 2.24) is 0 Å². The Morgan fingerprint density at radius 3 is 2.62 bits per heavy atom. The first-order valence-corrected chi connectivity index (χ1v) is 5.61. The van der Waals surface area contributed by atoms with Gasteiger partial charge in [0.15, 0.2) is 0 Å². The van der Waals surface area contributed by atoms with Crippen molar-refractivity contribution in [2.45, 2.75) is 24.7 Å². The second-order valence-corrected chi connectivity index (χ2v) is 4.69. The topological polar surface area (TPSA) is 69.2 Å². The van der Waals surface area contributed by atoms with E-state index < -0.39 is 0 Å². The summed E-state index contributed by atoms with van der Waals surface area (Å²) in [5.74, 6) is 0. The van der Waals surface area contributed by atoms with Crippen LogP contribution in [-0.2, 0) is 5.41 Å². The monoisotopic (exact) mass is 240 g/mol. The van der Waals surface area contributed by atoms with Gasteiger partial charge in [-0.1, -0.05) is 18.0 Å². The van der Waals surface area contributed by atoms with Crippen LogP contribution in [0.4, 0.5) is 5.69 Å². The van der Waals surface area contributed by atoms with Crippen LogP contribution in [0.25, 0.3) is 0 Å². The second kappa shape index (κ2) is 4.03. The molecule has 0 atom stereocenters. The van der Waals surface area contributed by atoms with Crippen molar-refractivity contribution in [2.75, 3.05) is 6.54 Å². The molecule has 0 radical (unpaired) electrons. The van der Waals surface area contributed by atoms with Gasteiger partial charge in [0, 0.05) is 28.6 Å². The van der Waals surface area contributed by atoms with E-state index in [1.54, 1.807) is 12.1 Å². The Balaban J connectivity index is 2.53. The highest BCUT2D eigenvalue weighted by Gasteiger charge is 2.41. The zero-order chi connectivity index (χ0) is 11.8. The predicted octanol–water partition coefficient (Wildman–Crippen LogP) is 2.63. The Morgan fingerprint density at radius 1 is 1.50 bits per heavy atom. The van der Waals surface area contributed by atoms with E-state index in [-0.39, 0.29) is 16.0 Å². The number of hydrogen-bond acceptors (Lipinski definition) is 3. The standard InChI is InChI=1S/C11H13ClN2O2/c12-8-2-3-10(14(15)16)9(6-8)11(7-13)4-1-5-11/h2-3,6H,1,4-5,7,13H2. The molecule has 0 aliphatic heterocycles. The van der Waals surface area contributed by atoms with Crippen molar-refractivity contribution in [3.63, 3.8) is 0 Å². The van der Waals surface area contributed by atoms with Crippen LogP contribution < -0.4 is 5.73 Å². The minimum absolute atomic E-state index is 0.134. The smallest absolute Gasteiger partial charge is 0.273 e. The van der Waals surface area contributed by atoms with E-state index in [1.165, 1.54) is 6.07 Å². The molecule has 0 spiro atoms. The maximum Gasteiger partial charge on any atom is 0.273 e. The minimum atomic E-state index is -0.360. The molecular formula is C11H13ClN2O2. The maximum atomic E-state index is 11.0. The van der Waals surface area contributed by atoms with Gasteiger partial charge in [-0.2, -0.15) is 0 Å². The summed E-state index contributed by atoms with van der Waals surface area (Å²) in [6.07, 6.45) is 2.89. The Hall–Kier alpha value is -1.13. The van der Waals surface area contributed by atoms with Crippen LogP contribution in [0.3, 0.4) is 0 Å². The number of nitrogens with zero attached hydrogens (tertiary/aromatic N) is 1. The summed E-state index contributed by atoms with van der Waals surface area (Å²) in [6.45, 7) is 0.439. The highest BCUT2D eigenvalue weighted by Crippen LogP contribution is 2.46. The van der Waals surface area contributed by atoms with Crippen molar-refractivity contribution in [3.05, 3.63) is 38.9 Å². The number of hydrogen-bond donors (Lipinski definition) is 1. The normalized spacial score (nSPS) is 17.9. The first kappa shape index (κ1) is 11.4. The van der Waals surface area contributed by atoms with Gasteiger partial charge in [-0.15, -0.1) is 0 Å². The van der Waals surface area contributed by atoms with Crippen molar-refractivity contribution in [2.24, 2.45) is 5.73 Å². The fourth-order valence-corrected chi connectivity index (χ4v) is 2.45. The highest BCUT2D eigenvalue weighted by molar-refractivity contribution is 6.30. The van der Waals surface area contributed by atoms with Crippen LogP contribution >= 0.6 is 11.6 Å². The van der Waals surface area contributed by atoms with Crippen LogP contribution in [0.2, 0.25) is 5.02 Å². The number of nitrogens with two attached hydrogens (primary N) is 1. The average Bonchev–Trinajstić information content (AvgIpc) is 2.16. The molecule has 86 valence electrons. The molecule has 0 unspecified atom stereocenters. The lowest BCUT2D eigenvalue weighted by Gasteiger charge is -2.41. The quantitative estimate of drug-likeness (QED) is 0.652. The first-order chi connectivity index (χ1) is 7.59. The van der Waals surface area contributed by atoms with Gasteiger partial charge in [0.1, 0.15) is 0 Å². The van der Waals surface area contributed by atoms with Crippen LogP contribution in [0.5, 0.6) is 0 Å². The summed E-state index contributed by atoms with van der Waals surface area (Å²) in [5, 5.41) is 11.5. The molecule has 2 rings (SSSR count). The molecule has 0 bridgehead atoms. The van der Waals surface area contributed by atoms with Gasteiger partial charge in [-0.25, -0.2) is 0 Å². The molecule has 1 aliphatic carbocycles. The van der Waals surface area contributed by atoms with Crippen molar-refractivity contribution in [1.29, 1.82) is 0 Å². The molecule has 0 aromatic heterocycles. The number of rotatable bonds is 3. The number of halogens is 1. The van der Waals surface area contributed by atoms with Crippen LogP contribution in [0.1, 0.15) is 24.8 Å². The molecule has 1 saturated carbocycles. The Labute approximate surface area is 98.5 Å². The molecule has 4 nitrogen and oxygen atoms in total. The fourth-order valence-electron chi connectivity index (χ4n) is 2.28. The van der Waals surface area contributed by atoms with E-state index in [1.807, 2.05) is 0 Å². The van der Waals surface area contributed by atoms with Gasteiger partial charge >= 0.3 is 0 Å². The molecule has 1 aromatic carbocycles. The summed E-state index contributed by atoms with van der Waals surface area (Å²) >= 11 is 5.90. The highest BCUT2D eigenvalue weighted by atomic mass is 35.5. The molecular weight excluding hydrogens is 228 g/mol. The summed E-state index contributed by atoms with van der Waals surface area (Å²) in [5.41, 5.74) is 6.35. The van der Waals surface area contributed by atoms with E-state index in [4.69, 9.17) is 17.3 Å². The molecule has 1 aromatic rings. The van der Waals surface area contributed by atoms with Gasteiger partial charge in [-0.3, -0.25) is 10.1 Å². The lowest BCUT2D eigenvalue weighted by Crippen LogP contribution is -2.42. The largest absolute Gasteiger partial charge is 0.330 e. The van der Waals surface area contributed by atoms with E-state index in [9.17, 15) is 10.1 Å². The van der Waals surface area contributed by atoms with E-state index in [2.05, 4.69) is 0 Å². The Bertz CT molecular complexity index is 424. The van der Waals surface area contributed by atoms with Crippen LogP contribution in [0, 0.1) is 10.1 Å². The molecule has 2 N–H and O–H groups in total. The Kier molecular flexibility index (Phi) is 2.86. The van der Waals surface area contributed by atoms with Crippen LogP contribution in [0.15, 0.2) is 18.2 Å². The fraction of sp³-hybridized carbons (Fsp3) is 0.455. The van der Waals surface area contributed by atoms with Gasteiger partial charge in [0.25, 0.3) is 5.69 Å². The summed E-state index contributed by atoms with van der Waals surface area (Å²) in [4.78, 5) is 10.6. The zero-order valence-corrected chi connectivity index (χ0v) is 9.54. The van der Waals surface area contributed by atoms with Gasteiger partial charge in [-0.05, 0) is 25.0 Å². The number of benzene rings is 1. The third-order valence-corrected chi connectivity index (χ3v) is 3.66. The van der Waals surface area contributed by atoms with Crippen molar-refractivity contribution < 1.29 is 4.92 Å². The van der Waals surface area contributed by atoms with E-state index >= 15 is 0 Å². The van der Waals surface area contributed by atoms with Gasteiger partial charge in [0.05, 0.1) is 4.92 Å². The Morgan fingerprint density at radius 2 is 2.19 bits per heavy atom. The first-order valence-electron chi connectivity index (χ1n) is 5.23. The SMILES string of the molecule is NCC1(c2cc(Cl)ccc2[N+](=O)[O-])CCC1. The summed E-state index contributed by atoms with van der Waals surface area (Å²) in [7, 11) is 0. The number of nitro benzene ring substituents is 1. The maximum absolute atomic E-state index is 11.0. The molecule has 5 heteroatoms. The summed E-state index contributed by atoms with van der Waals surface area (Å²) < 4.78 is 0. The number of nitro groups is 1. The second-order valence-electron chi connectivity index (χ2n) is 4.26. The minimum Gasteiger partial charge on any atom is -0.330 e. The van der Waals surface area contributed by atoms with Crippen molar-refractivity contribution >= 4 is 17.3 Å². The third-order valence-electron chi connectivity index (χ3n) is 3.43. The van der Waals surface area contributed by atoms with E-state index in [0.717, 1.165) is 19.3 Å². The van der Waals surface area contributed by atoms with E-state index in [0.29, 0.717) is 17.1 Å². The lowest BCUT2D eigenvalue weighted by molar-refractivity contribution is -0.386. The zero-order valence-electron chi connectivity index (χ0n) is 8.78. The molecule has 0 heterocycles. The predicted molar refractivity (Wildman–Crippen MR) is 62.7 cm³/mol. The summed E-state index contributed by atoms with van der Waals surface area (Å²) in [6, 6.07) is 4.70. The van der Waals surface area contributed by atoms with Gasteiger partial charge < -0.3 is 5.73 Å². The molecule has 0 amide bonds. The molecule has 1 aliphatic rings.